The van der Waals surface area contributed by atoms with Gasteiger partial charge >= 0.3 is 0 Å². The van der Waals surface area contributed by atoms with E-state index < -0.39 is 0 Å². The van der Waals surface area contributed by atoms with Crippen LogP contribution in [0.1, 0.15) is 25.3 Å². The van der Waals surface area contributed by atoms with E-state index in [-0.39, 0.29) is 0 Å². The summed E-state index contributed by atoms with van der Waals surface area (Å²) in [6.45, 7) is 0. The maximum absolute atomic E-state index is 6.20. The first-order valence-corrected chi connectivity index (χ1v) is 7.19. The second-order valence-corrected chi connectivity index (χ2v) is 5.64. The summed E-state index contributed by atoms with van der Waals surface area (Å²) in [5.74, 6) is 1.62. The molecule has 0 unspecified atom stereocenters. The van der Waals surface area contributed by atoms with Crippen LogP contribution in [-0.4, -0.2) is 22.7 Å². The Labute approximate surface area is 123 Å². The number of halogens is 1. The number of nitrogens with two attached hydrogens (primary N) is 1. The first-order valence-electron chi connectivity index (χ1n) is 6.81. The van der Waals surface area contributed by atoms with Gasteiger partial charge in [0.2, 0.25) is 0 Å². The Morgan fingerprint density at radius 1 is 1.40 bits per heavy atom. The van der Waals surface area contributed by atoms with Crippen molar-refractivity contribution in [3.63, 3.8) is 0 Å². The number of methoxy groups -OCH3 is 1. The van der Waals surface area contributed by atoms with Gasteiger partial charge in [-0.25, -0.2) is 4.98 Å². The van der Waals surface area contributed by atoms with Crippen LogP contribution >= 0.6 is 11.6 Å². The molecule has 5 heteroatoms. The first-order chi connectivity index (χ1) is 9.69. The van der Waals surface area contributed by atoms with Gasteiger partial charge in [-0.15, -0.1) is 0 Å². The average molecular weight is 292 g/mol. The second kappa shape index (κ2) is 5.46. The normalized spacial score (nSPS) is 22.1. The molecule has 1 aliphatic rings. The molecule has 0 radical (unpaired) electrons. The Morgan fingerprint density at radius 3 is 2.90 bits per heavy atom. The Hall–Kier alpha value is -1.52. The Balaban J connectivity index is 1.95. The standard InChI is InChI=1S/C15H18ClN3O/c1-20-14-5-2-10(8-13(14)16)15-18-6-7-19(15)12-4-3-11(17)9-12/h2,5-8,11-12H,3-4,9,17H2,1H3/t11-,12-/m1/s1. The van der Waals surface area contributed by atoms with Crippen molar-refractivity contribution in [2.24, 2.45) is 5.73 Å². The highest BCUT2D eigenvalue weighted by Crippen LogP contribution is 2.34. The third-order valence-corrected chi connectivity index (χ3v) is 4.21. The summed E-state index contributed by atoms with van der Waals surface area (Å²) in [5, 5.41) is 0.600. The van der Waals surface area contributed by atoms with E-state index in [0.717, 1.165) is 30.7 Å². The lowest BCUT2D eigenvalue weighted by Gasteiger charge is -2.15. The maximum Gasteiger partial charge on any atom is 0.140 e. The van der Waals surface area contributed by atoms with Crippen LogP contribution in [0, 0.1) is 0 Å². The molecule has 2 N–H and O–H groups in total. The van der Waals surface area contributed by atoms with Crippen LogP contribution in [-0.2, 0) is 0 Å². The smallest absolute Gasteiger partial charge is 0.140 e. The van der Waals surface area contributed by atoms with Crippen molar-refractivity contribution in [2.75, 3.05) is 7.11 Å². The SMILES string of the molecule is COc1ccc(-c2nccn2[C@@H]2CC[C@@H](N)C2)cc1Cl. The number of nitrogens with zero attached hydrogens (tertiary/aromatic N) is 2. The molecule has 1 aromatic carbocycles. The highest BCUT2D eigenvalue weighted by atomic mass is 35.5. The summed E-state index contributed by atoms with van der Waals surface area (Å²) in [7, 11) is 1.61. The van der Waals surface area contributed by atoms with Crippen LogP contribution in [0.4, 0.5) is 0 Å². The topological polar surface area (TPSA) is 53.1 Å². The van der Waals surface area contributed by atoms with Gasteiger partial charge in [-0.05, 0) is 37.5 Å². The first kappa shape index (κ1) is 13.5. The summed E-state index contributed by atoms with van der Waals surface area (Å²) in [5.41, 5.74) is 7.01. The molecule has 0 amide bonds. The molecule has 0 bridgehead atoms. The summed E-state index contributed by atoms with van der Waals surface area (Å²) in [4.78, 5) is 4.48. The largest absolute Gasteiger partial charge is 0.495 e. The monoisotopic (exact) mass is 291 g/mol. The molecular formula is C15H18ClN3O. The maximum atomic E-state index is 6.20. The van der Waals surface area contributed by atoms with Crippen molar-refractivity contribution < 1.29 is 4.74 Å². The van der Waals surface area contributed by atoms with Crippen LogP contribution in [0.15, 0.2) is 30.6 Å². The van der Waals surface area contributed by atoms with E-state index in [4.69, 9.17) is 22.1 Å². The van der Waals surface area contributed by atoms with E-state index in [9.17, 15) is 0 Å². The van der Waals surface area contributed by atoms with Gasteiger partial charge in [-0.1, -0.05) is 11.6 Å². The van der Waals surface area contributed by atoms with E-state index in [0.29, 0.717) is 22.9 Å². The number of rotatable bonds is 3. The molecule has 0 aliphatic heterocycles. The summed E-state index contributed by atoms with van der Waals surface area (Å²) in [6.07, 6.45) is 7.04. The van der Waals surface area contributed by atoms with Crippen LogP contribution in [0.2, 0.25) is 5.02 Å². The summed E-state index contributed by atoms with van der Waals surface area (Å²) < 4.78 is 7.40. The minimum atomic E-state index is 0.301. The zero-order valence-corrected chi connectivity index (χ0v) is 12.2. The predicted molar refractivity (Wildman–Crippen MR) is 80.1 cm³/mol. The molecule has 2 atom stereocenters. The van der Waals surface area contributed by atoms with E-state index >= 15 is 0 Å². The Morgan fingerprint density at radius 2 is 2.25 bits per heavy atom. The highest BCUT2D eigenvalue weighted by molar-refractivity contribution is 6.32. The fraction of sp³-hybridized carbons (Fsp3) is 0.400. The fourth-order valence-corrected chi connectivity index (χ4v) is 3.14. The molecule has 106 valence electrons. The molecule has 1 aromatic heterocycles. The molecule has 1 heterocycles. The third-order valence-electron chi connectivity index (χ3n) is 3.92. The lowest BCUT2D eigenvalue weighted by molar-refractivity contribution is 0.415. The molecule has 3 rings (SSSR count). The van der Waals surface area contributed by atoms with Gasteiger partial charge in [-0.3, -0.25) is 0 Å². The average Bonchev–Trinajstić information content (AvgIpc) is 3.06. The van der Waals surface area contributed by atoms with E-state index in [1.165, 1.54) is 0 Å². The second-order valence-electron chi connectivity index (χ2n) is 5.23. The minimum absolute atomic E-state index is 0.301. The van der Waals surface area contributed by atoms with E-state index in [1.54, 1.807) is 7.11 Å². The van der Waals surface area contributed by atoms with Gasteiger partial charge in [0.05, 0.1) is 12.1 Å². The molecule has 1 saturated carbocycles. The lowest BCUT2D eigenvalue weighted by Crippen LogP contribution is -2.16. The molecule has 1 fully saturated rings. The van der Waals surface area contributed by atoms with Gasteiger partial charge < -0.3 is 15.0 Å². The van der Waals surface area contributed by atoms with Crippen LogP contribution < -0.4 is 10.5 Å². The fourth-order valence-electron chi connectivity index (χ4n) is 2.88. The van der Waals surface area contributed by atoms with Crippen LogP contribution in [0.3, 0.4) is 0 Å². The quantitative estimate of drug-likeness (QED) is 0.944. The van der Waals surface area contributed by atoms with Crippen molar-refractivity contribution in [2.45, 2.75) is 31.3 Å². The summed E-state index contributed by atoms with van der Waals surface area (Å²) in [6, 6.07) is 6.49. The van der Waals surface area contributed by atoms with Crippen LogP contribution in [0.25, 0.3) is 11.4 Å². The van der Waals surface area contributed by atoms with Crippen molar-refractivity contribution >= 4 is 11.6 Å². The van der Waals surface area contributed by atoms with Crippen molar-refractivity contribution in [1.29, 1.82) is 0 Å². The molecule has 0 saturated heterocycles. The molecule has 2 aromatic rings. The van der Waals surface area contributed by atoms with Gasteiger partial charge in [-0.2, -0.15) is 0 Å². The minimum Gasteiger partial charge on any atom is -0.495 e. The van der Waals surface area contributed by atoms with Crippen molar-refractivity contribution in [3.8, 4) is 17.1 Å². The highest BCUT2D eigenvalue weighted by Gasteiger charge is 2.25. The molecule has 0 spiro atoms. The zero-order chi connectivity index (χ0) is 14.1. The number of hydrogen-bond acceptors (Lipinski definition) is 3. The summed E-state index contributed by atoms with van der Waals surface area (Å²) >= 11 is 6.20. The van der Waals surface area contributed by atoms with E-state index in [1.807, 2.05) is 30.6 Å². The molecule has 1 aliphatic carbocycles. The molecule has 20 heavy (non-hydrogen) atoms. The van der Waals surface area contributed by atoms with Gasteiger partial charge in [0.15, 0.2) is 0 Å². The number of benzene rings is 1. The van der Waals surface area contributed by atoms with Gasteiger partial charge in [0, 0.05) is 30.0 Å². The predicted octanol–water partition coefficient (Wildman–Crippen LogP) is 3.26. The number of hydrogen-bond donors (Lipinski definition) is 1. The Kier molecular flexibility index (Phi) is 3.68. The lowest BCUT2D eigenvalue weighted by atomic mass is 10.1. The van der Waals surface area contributed by atoms with Gasteiger partial charge in [0.25, 0.3) is 0 Å². The van der Waals surface area contributed by atoms with Crippen molar-refractivity contribution in [3.05, 3.63) is 35.6 Å². The van der Waals surface area contributed by atoms with E-state index in [2.05, 4.69) is 9.55 Å². The number of imidazole rings is 1. The van der Waals surface area contributed by atoms with Crippen LogP contribution in [0.5, 0.6) is 5.75 Å². The molecular weight excluding hydrogens is 274 g/mol. The Bertz CT molecular complexity index is 611. The van der Waals surface area contributed by atoms with Gasteiger partial charge in [0.1, 0.15) is 11.6 Å². The zero-order valence-electron chi connectivity index (χ0n) is 11.4. The number of aromatic nitrogens is 2. The number of ether oxygens (including phenoxy) is 1. The van der Waals surface area contributed by atoms with Crippen molar-refractivity contribution in [1.82, 2.24) is 9.55 Å². The molecule has 4 nitrogen and oxygen atoms in total. The third kappa shape index (κ3) is 2.41.